The number of fused-ring (bicyclic) bond motifs is 3. The van der Waals surface area contributed by atoms with Crippen LogP contribution in [0, 0.1) is 11.3 Å². The third-order valence-electron chi connectivity index (χ3n) is 4.62. The summed E-state index contributed by atoms with van der Waals surface area (Å²) in [6.07, 6.45) is 0. The predicted octanol–water partition coefficient (Wildman–Crippen LogP) is 4.72. The molecule has 0 radical (unpaired) electrons. The van der Waals surface area contributed by atoms with Crippen molar-refractivity contribution in [1.82, 2.24) is 0 Å². The highest BCUT2D eigenvalue weighted by molar-refractivity contribution is 6.36. The van der Waals surface area contributed by atoms with Crippen molar-refractivity contribution in [1.29, 1.82) is 5.26 Å². The SMILES string of the molecule is COc1ccc(C2C(C#N)=C(N)Oc3c2cc(Cl)c2ccccc32)cc1. The Morgan fingerprint density at radius 3 is 2.46 bits per heavy atom. The van der Waals surface area contributed by atoms with Gasteiger partial charge in [0.05, 0.1) is 13.0 Å². The van der Waals surface area contributed by atoms with Crippen LogP contribution >= 0.6 is 11.6 Å². The fraction of sp³-hybridized carbons (Fsp3) is 0.0952. The number of hydrogen-bond donors (Lipinski definition) is 1. The highest BCUT2D eigenvalue weighted by Gasteiger charge is 2.32. The average molecular weight is 363 g/mol. The third kappa shape index (κ3) is 2.45. The number of methoxy groups -OCH3 is 1. The van der Waals surface area contributed by atoms with Crippen molar-refractivity contribution in [2.24, 2.45) is 5.73 Å². The summed E-state index contributed by atoms with van der Waals surface area (Å²) in [7, 11) is 1.61. The summed E-state index contributed by atoms with van der Waals surface area (Å²) in [6.45, 7) is 0. The Morgan fingerprint density at radius 2 is 1.81 bits per heavy atom. The van der Waals surface area contributed by atoms with Gasteiger partial charge in [0, 0.05) is 21.4 Å². The van der Waals surface area contributed by atoms with Crippen LogP contribution in [0.1, 0.15) is 17.0 Å². The van der Waals surface area contributed by atoms with Crippen LogP contribution in [-0.2, 0) is 0 Å². The normalized spacial score (nSPS) is 16.0. The molecule has 4 rings (SSSR count). The Kier molecular flexibility index (Phi) is 3.95. The maximum atomic E-state index is 9.68. The zero-order chi connectivity index (χ0) is 18.3. The molecule has 1 heterocycles. The number of allylic oxidation sites excluding steroid dienone is 1. The molecule has 0 bridgehead atoms. The standard InChI is InChI=1S/C21H15ClN2O2/c1-25-13-8-6-12(7-9-13)19-16-10-18(22)14-4-2-3-5-15(14)20(16)26-21(24)17(19)11-23/h2-10,19H,24H2,1H3. The lowest BCUT2D eigenvalue weighted by molar-refractivity contribution is 0.398. The van der Waals surface area contributed by atoms with E-state index in [9.17, 15) is 5.26 Å². The molecule has 0 saturated carbocycles. The molecule has 0 aliphatic carbocycles. The lowest BCUT2D eigenvalue weighted by Crippen LogP contribution is -2.21. The summed E-state index contributed by atoms with van der Waals surface area (Å²) >= 11 is 6.52. The van der Waals surface area contributed by atoms with E-state index in [2.05, 4.69) is 6.07 Å². The fourth-order valence-electron chi connectivity index (χ4n) is 3.38. The van der Waals surface area contributed by atoms with E-state index in [0.717, 1.165) is 27.6 Å². The molecule has 3 aromatic carbocycles. The lowest BCUT2D eigenvalue weighted by Gasteiger charge is -2.28. The second-order valence-corrected chi connectivity index (χ2v) is 6.43. The maximum Gasteiger partial charge on any atom is 0.205 e. The topological polar surface area (TPSA) is 68.3 Å². The van der Waals surface area contributed by atoms with Crippen LogP contribution in [-0.4, -0.2) is 7.11 Å². The monoisotopic (exact) mass is 362 g/mol. The van der Waals surface area contributed by atoms with Crippen LogP contribution < -0.4 is 15.2 Å². The Morgan fingerprint density at radius 1 is 1.12 bits per heavy atom. The van der Waals surface area contributed by atoms with Crippen molar-refractivity contribution in [3.05, 3.63) is 82.2 Å². The van der Waals surface area contributed by atoms with Gasteiger partial charge < -0.3 is 15.2 Å². The molecule has 0 fully saturated rings. The highest BCUT2D eigenvalue weighted by Crippen LogP contribution is 2.47. The van der Waals surface area contributed by atoms with Gasteiger partial charge in [0.15, 0.2) is 0 Å². The summed E-state index contributed by atoms with van der Waals surface area (Å²) in [5, 5.41) is 12.0. The first-order chi connectivity index (χ1) is 12.6. The van der Waals surface area contributed by atoms with Gasteiger partial charge in [-0.05, 0) is 23.8 Å². The summed E-state index contributed by atoms with van der Waals surface area (Å²) in [5.74, 6) is 1.15. The quantitative estimate of drug-likeness (QED) is 0.716. The van der Waals surface area contributed by atoms with Gasteiger partial charge in [-0.25, -0.2) is 0 Å². The number of benzene rings is 3. The largest absolute Gasteiger partial charge is 0.497 e. The Balaban J connectivity index is 2.00. The highest BCUT2D eigenvalue weighted by atomic mass is 35.5. The lowest BCUT2D eigenvalue weighted by atomic mass is 9.82. The molecule has 0 amide bonds. The predicted molar refractivity (Wildman–Crippen MR) is 101 cm³/mol. The molecule has 3 aromatic rings. The average Bonchev–Trinajstić information content (AvgIpc) is 2.68. The van der Waals surface area contributed by atoms with E-state index in [-0.39, 0.29) is 11.8 Å². The summed E-state index contributed by atoms with van der Waals surface area (Å²) in [6, 6.07) is 19.3. The molecule has 4 nitrogen and oxygen atoms in total. The molecule has 1 unspecified atom stereocenters. The van der Waals surface area contributed by atoms with E-state index in [1.807, 2.05) is 54.6 Å². The van der Waals surface area contributed by atoms with Gasteiger partial charge >= 0.3 is 0 Å². The Labute approximate surface area is 156 Å². The first-order valence-corrected chi connectivity index (χ1v) is 8.44. The number of nitriles is 1. The molecule has 0 aromatic heterocycles. The summed E-state index contributed by atoms with van der Waals surface area (Å²) < 4.78 is 11.1. The molecule has 1 aliphatic rings. The van der Waals surface area contributed by atoms with Crippen LogP contribution in [0.25, 0.3) is 10.8 Å². The van der Waals surface area contributed by atoms with Crippen molar-refractivity contribution >= 4 is 22.4 Å². The van der Waals surface area contributed by atoms with E-state index in [4.69, 9.17) is 26.8 Å². The fourth-order valence-corrected chi connectivity index (χ4v) is 3.66. The van der Waals surface area contributed by atoms with Crippen LogP contribution in [0.5, 0.6) is 11.5 Å². The van der Waals surface area contributed by atoms with Gasteiger partial charge in [-0.15, -0.1) is 0 Å². The van der Waals surface area contributed by atoms with Crippen molar-refractivity contribution in [3.8, 4) is 17.6 Å². The minimum Gasteiger partial charge on any atom is -0.497 e. The molecule has 26 heavy (non-hydrogen) atoms. The molecule has 2 N–H and O–H groups in total. The van der Waals surface area contributed by atoms with E-state index in [0.29, 0.717) is 16.3 Å². The zero-order valence-electron chi connectivity index (χ0n) is 14.0. The van der Waals surface area contributed by atoms with Gasteiger partial charge in [0.1, 0.15) is 23.1 Å². The summed E-state index contributed by atoms with van der Waals surface area (Å²) in [4.78, 5) is 0. The second-order valence-electron chi connectivity index (χ2n) is 6.02. The Hall–Kier alpha value is -3.16. The summed E-state index contributed by atoms with van der Waals surface area (Å²) in [5.41, 5.74) is 8.21. The molecular formula is C21H15ClN2O2. The molecule has 1 aliphatic heterocycles. The number of hydrogen-bond acceptors (Lipinski definition) is 4. The molecule has 128 valence electrons. The molecule has 5 heteroatoms. The molecule has 1 atom stereocenters. The van der Waals surface area contributed by atoms with Crippen LogP contribution in [0.15, 0.2) is 66.1 Å². The minimum absolute atomic E-state index is 0.119. The van der Waals surface area contributed by atoms with Gasteiger partial charge in [-0.3, -0.25) is 0 Å². The van der Waals surface area contributed by atoms with Crippen molar-refractivity contribution in [2.75, 3.05) is 7.11 Å². The number of nitrogens with zero attached hydrogens (tertiary/aromatic N) is 1. The number of ether oxygens (including phenoxy) is 2. The van der Waals surface area contributed by atoms with Crippen LogP contribution in [0.4, 0.5) is 0 Å². The zero-order valence-corrected chi connectivity index (χ0v) is 14.7. The second kappa shape index (κ2) is 6.29. The molecular weight excluding hydrogens is 348 g/mol. The number of rotatable bonds is 2. The van der Waals surface area contributed by atoms with Crippen molar-refractivity contribution < 1.29 is 9.47 Å². The van der Waals surface area contributed by atoms with E-state index in [1.54, 1.807) is 7.11 Å². The minimum atomic E-state index is -0.350. The first-order valence-electron chi connectivity index (χ1n) is 8.06. The number of halogens is 1. The van der Waals surface area contributed by atoms with Gasteiger partial charge in [0.25, 0.3) is 0 Å². The van der Waals surface area contributed by atoms with E-state index in [1.165, 1.54) is 0 Å². The Bertz CT molecular complexity index is 1080. The van der Waals surface area contributed by atoms with Gasteiger partial charge in [-0.2, -0.15) is 5.26 Å². The molecule has 0 spiro atoms. The van der Waals surface area contributed by atoms with E-state index >= 15 is 0 Å². The third-order valence-corrected chi connectivity index (χ3v) is 4.93. The maximum absolute atomic E-state index is 9.68. The number of nitrogens with two attached hydrogens (primary N) is 1. The smallest absolute Gasteiger partial charge is 0.205 e. The van der Waals surface area contributed by atoms with Gasteiger partial charge in [0.2, 0.25) is 5.88 Å². The van der Waals surface area contributed by atoms with Crippen molar-refractivity contribution in [2.45, 2.75) is 5.92 Å². The molecule has 0 saturated heterocycles. The first kappa shape index (κ1) is 16.3. The van der Waals surface area contributed by atoms with Crippen LogP contribution in [0.3, 0.4) is 0 Å². The van der Waals surface area contributed by atoms with Gasteiger partial charge in [-0.1, -0.05) is 48.0 Å². The van der Waals surface area contributed by atoms with E-state index < -0.39 is 0 Å². The van der Waals surface area contributed by atoms with Crippen molar-refractivity contribution in [3.63, 3.8) is 0 Å². The van der Waals surface area contributed by atoms with Crippen LogP contribution in [0.2, 0.25) is 5.02 Å².